The van der Waals surface area contributed by atoms with Crippen molar-refractivity contribution in [1.29, 1.82) is 0 Å². The Morgan fingerprint density at radius 2 is 1.69 bits per heavy atom. The number of aryl methyl sites for hydroxylation is 2. The number of aromatic amines is 1. The van der Waals surface area contributed by atoms with Gasteiger partial charge in [0.25, 0.3) is 17.2 Å². The zero-order valence-corrected chi connectivity index (χ0v) is 17.7. The van der Waals surface area contributed by atoms with Crippen LogP contribution in [0.5, 0.6) is 0 Å². The van der Waals surface area contributed by atoms with Crippen LogP contribution < -0.4 is 10.5 Å². The highest BCUT2D eigenvalue weighted by Crippen LogP contribution is 2.23. The molecule has 3 aromatic carbocycles. The zero-order valence-electron chi connectivity index (χ0n) is 17.7. The highest BCUT2D eigenvalue weighted by molar-refractivity contribution is 6.06. The van der Waals surface area contributed by atoms with Crippen LogP contribution >= 0.6 is 0 Å². The number of pyridine rings is 1. The normalized spacial score (nSPS) is 10.8. The largest absolute Gasteiger partial charge is 0.322 e. The summed E-state index contributed by atoms with van der Waals surface area (Å²) in [5, 5.41) is 12.0. The fraction of sp³-hybridized carbons (Fsp3) is 0.120. The molecule has 0 aliphatic carbocycles. The molecule has 32 heavy (non-hydrogen) atoms. The van der Waals surface area contributed by atoms with Gasteiger partial charge in [0.1, 0.15) is 0 Å². The zero-order chi connectivity index (χ0) is 22.8. The lowest BCUT2D eigenvalue weighted by Crippen LogP contribution is -2.33. The molecule has 7 heteroatoms. The predicted molar refractivity (Wildman–Crippen MR) is 124 cm³/mol. The van der Waals surface area contributed by atoms with Gasteiger partial charge in [-0.3, -0.25) is 19.7 Å². The summed E-state index contributed by atoms with van der Waals surface area (Å²) >= 11 is 0. The first kappa shape index (κ1) is 21.0. The van der Waals surface area contributed by atoms with Gasteiger partial charge in [-0.1, -0.05) is 35.4 Å². The van der Waals surface area contributed by atoms with E-state index in [-0.39, 0.29) is 23.4 Å². The van der Waals surface area contributed by atoms with Gasteiger partial charge in [-0.15, -0.1) is 0 Å². The van der Waals surface area contributed by atoms with Crippen molar-refractivity contribution < 1.29 is 9.72 Å². The monoisotopic (exact) mass is 427 g/mol. The molecule has 1 heterocycles. The summed E-state index contributed by atoms with van der Waals surface area (Å²) in [6, 6.07) is 20.4. The molecule has 4 rings (SSSR count). The van der Waals surface area contributed by atoms with Crippen LogP contribution in [-0.4, -0.2) is 15.8 Å². The second-order valence-electron chi connectivity index (χ2n) is 7.75. The lowest BCUT2D eigenvalue weighted by atomic mass is 10.1. The fourth-order valence-electron chi connectivity index (χ4n) is 3.57. The number of carbonyl (C=O) groups is 1. The Labute approximate surface area is 184 Å². The molecule has 7 nitrogen and oxygen atoms in total. The Morgan fingerprint density at radius 1 is 0.969 bits per heavy atom. The first-order valence-corrected chi connectivity index (χ1v) is 10.1. The number of nitrogens with one attached hydrogen (secondary N) is 1. The number of fused-ring (bicyclic) bond motifs is 1. The average Bonchev–Trinajstić information content (AvgIpc) is 2.78. The Morgan fingerprint density at radius 3 is 2.41 bits per heavy atom. The van der Waals surface area contributed by atoms with Gasteiger partial charge in [-0.05, 0) is 55.6 Å². The summed E-state index contributed by atoms with van der Waals surface area (Å²) in [5.41, 5.74) is 3.53. The van der Waals surface area contributed by atoms with E-state index in [2.05, 4.69) is 4.98 Å². The van der Waals surface area contributed by atoms with E-state index in [1.54, 1.807) is 18.2 Å². The van der Waals surface area contributed by atoms with Gasteiger partial charge in [0.05, 0.1) is 11.5 Å². The molecule has 0 fully saturated rings. The van der Waals surface area contributed by atoms with Crippen LogP contribution in [0, 0.1) is 24.0 Å². The van der Waals surface area contributed by atoms with Crippen molar-refractivity contribution in [2.75, 3.05) is 4.90 Å². The van der Waals surface area contributed by atoms with E-state index in [0.29, 0.717) is 11.3 Å². The Bertz CT molecular complexity index is 1390. The summed E-state index contributed by atoms with van der Waals surface area (Å²) < 4.78 is 0. The molecule has 0 aliphatic heterocycles. The maximum atomic E-state index is 13.4. The van der Waals surface area contributed by atoms with E-state index in [0.717, 1.165) is 22.0 Å². The Kier molecular flexibility index (Phi) is 5.55. The van der Waals surface area contributed by atoms with E-state index >= 15 is 0 Å². The van der Waals surface area contributed by atoms with Crippen LogP contribution in [0.2, 0.25) is 0 Å². The molecular formula is C25H21N3O4. The average molecular weight is 427 g/mol. The second-order valence-corrected chi connectivity index (χ2v) is 7.75. The number of benzene rings is 3. The number of carbonyl (C=O) groups excluding carboxylic acids is 1. The van der Waals surface area contributed by atoms with Gasteiger partial charge in [0, 0.05) is 34.5 Å². The first-order valence-electron chi connectivity index (χ1n) is 10.1. The van der Waals surface area contributed by atoms with Crippen LogP contribution in [-0.2, 0) is 6.54 Å². The van der Waals surface area contributed by atoms with Gasteiger partial charge >= 0.3 is 0 Å². The lowest BCUT2D eigenvalue weighted by molar-refractivity contribution is -0.384. The van der Waals surface area contributed by atoms with Crippen molar-refractivity contribution in [1.82, 2.24) is 4.98 Å². The number of hydrogen-bond acceptors (Lipinski definition) is 4. The summed E-state index contributed by atoms with van der Waals surface area (Å²) in [6.07, 6.45) is 0. The van der Waals surface area contributed by atoms with Crippen molar-refractivity contribution >= 4 is 28.2 Å². The van der Waals surface area contributed by atoms with Crippen LogP contribution in [0.25, 0.3) is 10.9 Å². The number of aromatic nitrogens is 1. The number of nitro benzene ring substituents is 1. The summed E-state index contributed by atoms with van der Waals surface area (Å²) in [4.78, 5) is 41.2. The van der Waals surface area contributed by atoms with Crippen molar-refractivity contribution in [3.8, 4) is 0 Å². The lowest BCUT2D eigenvalue weighted by Gasteiger charge is -2.23. The van der Waals surface area contributed by atoms with Crippen molar-refractivity contribution in [3.63, 3.8) is 0 Å². The smallest absolute Gasteiger partial charge is 0.270 e. The maximum absolute atomic E-state index is 13.4. The van der Waals surface area contributed by atoms with E-state index < -0.39 is 10.8 Å². The standard InChI is InChI=1S/C25H21N3O4/c1-16-6-9-21(10-7-16)27(25(30)18-4-3-5-22(14-18)28(31)32)15-20-13-19-12-17(2)8-11-23(19)26-24(20)29/h3-14H,15H2,1-2H3,(H,26,29). The highest BCUT2D eigenvalue weighted by atomic mass is 16.6. The molecule has 160 valence electrons. The fourth-order valence-corrected chi connectivity index (χ4v) is 3.57. The third-order valence-electron chi connectivity index (χ3n) is 5.30. The summed E-state index contributed by atoms with van der Waals surface area (Å²) in [6.45, 7) is 3.92. The number of hydrogen-bond donors (Lipinski definition) is 1. The Hall–Kier alpha value is -4.26. The predicted octanol–water partition coefficient (Wildman–Crippen LogP) is 4.90. The number of nitrogens with zero attached hydrogens (tertiary/aromatic N) is 2. The summed E-state index contributed by atoms with van der Waals surface area (Å²) in [7, 11) is 0. The molecule has 1 aromatic heterocycles. The molecule has 0 unspecified atom stereocenters. The van der Waals surface area contributed by atoms with Gasteiger partial charge < -0.3 is 9.88 Å². The molecule has 0 saturated heterocycles. The SMILES string of the molecule is Cc1ccc(N(Cc2cc3cc(C)ccc3[nH]c2=O)C(=O)c2cccc([N+](=O)[O-])c2)cc1. The van der Waals surface area contributed by atoms with E-state index in [9.17, 15) is 19.7 Å². The number of H-pyrrole nitrogens is 1. The number of rotatable bonds is 5. The Balaban J connectivity index is 1.79. The van der Waals surface area contributed by atoms with E-state index in [1.165, 1.54) is 29.2 Å². The van der Waals surface area contributed by atoms with E-state index in [4.69, 9.17) is 0 Å². The van der Waals surface area contributed by atoms with Crippen LogP contribution in [0.1, 0.15) is 27.0 Å². The molecule has 0 bridgehead atoms. The molecule has 1 N–H and O–H groups in total. The van der Waals surface area contributed by atoms with Crippen molar-refractivity contribution in [3.05, 3.63) is 116 Å². The summed E-state index contributed by atoms with van der Waals surface area (Å²) in [5.74, 6) is -0.429. The van der Waals surface area contributed by atoms with Crippen molar-refractivity contribution in [2.24, 2.45) is 0 Å². The molecular weight excluding hydrogens is 406 g/mol. The molecule has 0 saturated carbocycles. The minimum Gasteiger partial charge on any atom is -0.322 e. The topological polar surface area (TPSA) is 96.3 Å². The third-order valence-corrected chi connectivity index (χ3v) is 5.30. The van der Waals surface area contributed by atoms with Gasteiger partial charge in [0.2, 0.25) is 0 Å². The molecule has 4 aromatic rings. The second kappa shape index (κ2) is 8.47. The molecule has 1 amide bonds. The number of nitro groups is 1. The maximum Gasteiger partial charge on any atom is 0.270 e. The quantitative estimate of drug-likeness (QED) is 0.362. The number of amides is 1. The minimum atomic E-state index is -0.538. The number of non-ortho nitro benzene ring substituents is 1. The first-order chi connectivity index (χ1) is 15.3. The van der Waals surface area contributed by atoms with Crippen LogP contribution in [0.4, 0.5) is 11.4 Å². The number of anilines is 1. The molecule has 0 radical (unpaired) electrons. The molecule has 0 aliphatic rings. The third kappa shape index (κ3) is 4.27. The van der Waals surface area contributed by atoms with Gasteiger partial charge in [-0.2, -0.15) is 0 Å². The van der Waals surface area contributed by atoms with Crippen LogP contribution in [0.15, 0.2) is 77.6 Å². The van der Waals surface area contributed by atoms with Gasteiger partial charge in [0.15, 0.2) is 0 Å². The molecule has 0 spiro atoms. The van der Waals surface area contributed by atoms with Crippen LogP contribution in [0.3, 0.4) is 0 Å². The highest BCUT2D eigenvalue weighted by Gasteiger charge is 2.21. The van der Waals surface area contributed by atoms with Crippen molar-refractivity contribution in [2.45, 2.75) is 20.4 Å². The van der Waals surface area contributed by atoms with E-state index in [1.807, 2.05) is 44.2 Å². The minimum absolute atomic E-state index is 0.0177. The van der Waals surface area contributed by atoms with Gasteiger partial charge in [-0.25, -0.2) is 0 Å². The molecule has 0 atom stereocenters.